The van der Waals surface area contributed by atoms with Crippen molar-refractivity contribution in [2.24, 2.45) is 0 Å². The third kappa shape index (κ3) is 4.86. The highest BCUT2D eigenvalue weighted by Crippen LogP contribution is 2.32. The van der Waals surface area contributed by atoms with Crippen LogP contribution in [0.2, 0.25) is 0 Å². The summed E-state index contributed by atoms with van der Waals surface area (Å²) in [5.74, 6) is -0.321. The van der Waals surface area contributed by atoms with Crippen molar-refractivity contribution in [3.05, 3.63) is 90.0 Å². The summed E-state index contributed by atoms with van der Waals surface area (Å²) in [5.41, 5.74) is 2.15. The molecule has 4 rings (SSSR count). The second kappa shape index (κ2) is 9.34. The van der Waals surface area contributed by atoms with Crippen molar-refractivity contribution in [2.75, 3.05) is 18.5 Å². The van der Waals surface area contributed by atoms with Crippen molar-refractivity contribution < 1.29 is 23.8 Å². The SMILES string of the molecule is C[C@@H](OC(=O)C(c1ccccc1)c1ccccc1)C(=O)Nc1ccc2c(c1)OCCO2. The number of esters is 1. The highest BCUT2D eigenvalue weighted by molar-refractivity contribution is 5.96. The van der Waals surface area contributed by atoms with E-state index in [1.54, 1.807) is 25.1 Å². The fourth-order valence-electron chi connectivity index (χ4n) is 3.42. The Balaban J connectivity index is 1.46. The van der Waals surface area contributed by atoms with Gasteiger partial charge in [-0.3, -0.25) is 9.59 Å². The first-order chi connectivity index (χ1) is 15.1. The predicted molar refractivity (Wildman–Crippen MR) is 116 cm³/mol. The van der Waals surface area contributed by atoms with E-state index in [0.29, 0.717) is 30.4 Å². The van der Waals surface area contributed by atoms with Crippen LogP contribution in [-0.4, -0.2) is 31.2 Å². The molecule has 6 heteroatoms. The number of fused-ring (bicyclic) bond motifs is 1. The lowest BCUT2D eigenvalue weighted by Gasteiger charge is -2.21. The largest absolute Gasteiger partial charge is 0.486 e. The van der Waals surface area contributed by atoms with Gasteiger partial charge in [-0.25, -0.2) is 0 Å². The number of carbonyl (C=O) groups excluding carboxylic acids is 2. The van der Waals surface area contributed by atoms with Gasteiger partial charge in [0.1, 0.15) is 19.1 Å². The molecule has 1 atom stereocenters. The van der Waals surface area contributed by atoms with Crippen LogP contribution in [0, 0.1) is 0 Å². The summed E-state index contributed by atoms with van der Waals surface area (Å²) in [6.45, 7) is 2.51. The van der Waals surface area contributed by atoms with E-state index in [2.05, 4.69) is 5.32 Å². The van der Waals surface area contributed by atoms with Crippen molar-refractivity contribution in [1.29, 1.82) is 0 Å². The molecule has 31 heavy (non-hydrogen) atoms. The van der Waals surface area contributed by atoms with E-state index in [1.165, 1.54) is 0 Å². The van der Waals surface area contributed by atoms with Crippen LogP contribution in [-0.2, 0) is 14.3 Å². The number of carbonyl (C=O) groups is 2. The van der Waals surface area contributed by atoms with E-state index < -0.39 is 23.9 Å². The molecule has 0 fully saturated rings. The zero-order chi connectivity index (χ0) is 21.6. The summed E-state index contributed by atoms with van der Waals surface area (Å²) >= 11 is 0. The lowest BCUT2D eigenvalue weighted by molar-refractivity contribution is -0.153. The lowest BCUT2D eigenvalue weighted by Crippen LogP contribution is -2.32. The van der Waals surface area contributed by atoms with Crippen LogP contribution >= 0.6 is 0 Å². The van der Waals surface area contributed by atoms with Crippen LogP contribution in [0.25, 0.3) is 0 Å². The van der Waals surface area contributed by atoms with E-state index in [-0.39, 0.29) is 0 Å². The van der Waals surface area contributed by atoms with Crippen molar-refractivity contribution in [1.82, 2.24) is 0 Å². The van der Waals surface area contributed by atoms with Gasteiger partial charge in [0.15, 0.2) is 17.6 Å². The molecule has 0 saturated carbocycles. The van der Waals surface area contributed by atoms with Crippen LogP contribution < -0.4 is 14.8 Å². The van der Waals surface area contributed by atoms with Gasteiger partial charge in [-0.05, 0) is 30.2 Å². The van der Waals surface area contributed by atoms with Gasteiger partial charge in [-0.1, -0.05) is 60.7 Å². The Bertz CT molecular complexity index is 1010. The van der Waals surface area contributed by atoms with Crippen molar-refractivity contribution in [3.8, 4) is 11.5 Å². The summed E-state index contributed by atoms with van der Waals surface area (Å²) in [6.07, 6.45) is -0.976. The molecular weight excluding hydrogens is 394 g/mol. The molecule has 158 valence electrons. The lowest BCUT2D eigenvalue weighted by atomic mass is 9.91. The number of anilines is 1. The number of nitrogens with one attached hydrogen (secondary N) is 1. The van der Waals surface area contributed by atoms with E-state index in [9.17, 15) is 9.59 Å². The maximum absolute atomic E-state index is 13.1. The molecule has 3 aromatic carbocycles. The molecule has 0 unspecified atom stereocenters. The Morgan fingerprint density at radius 2 is 1.42 bits per heavy atom. The highest BCUT2D eigenvalue weighted by Gasteiger charge is 2.28. The first-order valence-corrected chi connectivity index (χ1v) is 10.1. The van der Waals surface area contributed by atoms with E-state index in [1.807, 2.05) is 60.7 Å². The van der Waals surface area contributed by atoms with E-state index in [0.717, 1.165) is 11.1 Å². The average molecular weight is 417 g/mol. The van der Waals surface area contributed by atoms with Gasteiger partial charge in [-0.2, -0.15) is 0 Å². The van der Waals surface area contributed by atoms with Gasteiger partial charge in [-0.15, -0.1) is 0 Å². The normalized spacial score (nSPS) is 13.4. The molecule has 0 radical (unpaired) electrons. The number of ether oxygens (including phenoxy) is 3. The van der Waals surface area contributed by atoms with Crippen LogP contribution in [0.5, 0.6) is 11.5 Å². The minimum absolute atomic E-state index is 0.426. The van der Waals surface area contributed by atoms with Crippen molar-refractivity contribution >= 4 is 17.6 Å². The Morgan fingerprint density at radius 1 is 0.839 bits per heavy atom. The summed E-state index contributed by atoms with van der Waals surface area (Å²) in [5, 5.41) is 2.76. The van der Waals surface area contributed by atoms with Crippen LogP contribution in [0.1, 0.15) is 24.0 Å². The molecule has 1 aliphatic rings. The fraction of sp³-hybridized carbons (Fsp3) is 0.200. The Morgan fingerprint density at radius 3 is 2.03 bits per heavy atom. The van der Waals surface area contributed by atoms with Gasteiger partial charge in [0.05, 0.1) is 0 Å². The second-order valence-corrected chi connectivity index (χ2v) is 7.18. The first kappa shape index (κ1) is 20.5. The van der Waals surface area contributed by atoms with Crippen LogP contribution in [0.3, 0.4) is 0 Å². The third-order valence-corrected chi connectivity index (χ3v) is 4.97. The molecule has 1 N–H and O–H groups in total. The topological polar surface area (TPSA) is 73.9 Å². The van der Waals surface area contributed by atoms with Gasteiger partial charge in [0.25, 0.3) is 5.91 Å². The Labute approximate surface area is 180 Å². The molecule has 1 amide bonds. The van der Waals surface area contributed by atoms with Crippen molar-refractivity contribution in [2.45, 2.75) is 18.9 Å². The number of amides is 1. The molecule has 0 saturated heterocycles. The highest BCUT2D eigenvalue weighted by atomic mass is 16.6. The molecule has 1 aliphatic heterocycles. The molecule has 0 aromatic heterocycles. The second-order valence-electron chi connectivity index (χ2n) is 7.18. The molecule has 6 nitrogen and oxygen atoms in total. The van der Waals surface area contributed by atoms with E-state index in [4.69, 9.17) is 14.2 Å². The van der Waals surface area contributed by atoms with Gasteiger partial charge < -0.3 is 19.5 Å². The fourth-order valence-corrected chi connectivity index (χ4v) is 3.42. The minimum atomic E-state index is -0.976. The van der Waals surface area contributed by atoms with Crippen molar-refractivity contribution in [3.63, 3.8) is 0 Å². The molecule has 0 spiro atoms. The standard InChI is InChI=1S/C25H23NO5/c1-17(24(27)26-20-12-13-21-22(16-20)30-15-14-29-21)31-25(28)23(18-8-4-2-5-9-18)19-10-6-3-7-11-19/h2-13,16-17,23H,14-15H2,1H3,(H,26,27)/t17-/m1/s1. The monoisotopic (exact) mass is 417 g/mol. The van der Waals surface area contributed by atoms with Gasteiger partial charge >= 0.3 is 5.97 Å². The maximum atomic E-state index is 13.1. The Kier molecular flexibility index (Phi) is 6.17. The van der Waals surface area contributed by atoms with E-state index >= 15 is 0 Å². The zero-order valence-corrected chi connectivity index (χ0v) is 17.1. The Hall–Kier alpha value is -3.80. The van der Waals surface area contributed by atoms with Crippen LogP contribution in [0.4, 0.5) is 5.69 Å². The molecular formula is C25H23NO5. The number of rotatable bonds is 6. The zero-order valence-electron chi connectivity index (χ0n) is 17.1. The summed E-state index contributed by atoms with van der Waals surface area (Å²) in [4.78, 5) is 25.7. The average Bonchev–Trinajstić information content (AvgIpc) is 2.80. The summed E-state index contributed by atoms with van der Waals surface area (Å²) in [7, 11) is 0. The molecule has 0 bridgehead atoms. The first-order valence-electron chi connectivity index (χ1n) is 10.1. The quantitative estimate of drug-likeness (QED) is 0.610. The van der Waals surface area contributed by atoms with Crippen LogP contribution in [0.15, 0.2) is 78.9 Å². The smallest absolute Gasteiger partial charge is 0.318 e. The number of hydrogen-bond donors (Lipinski definition) is 1. The predicted octanol–water partition coefficient (Wildman–Crippen LogP) is 4.16. The molecule has 3 aromatic rings. The van der Waals surface area contributed by atoms with Gasteiger partial charge in [0.2, 0.25) is 0 Å². The van der Waals surface area contributed by atoms with Gasteiger partial charge in [0, 0.05) is 11.8 Å². The maximum Gasteiger partial charge on any atom is 0.318 e. The third-order valence-electron chi connectivity index (χ3n) is 4.97. The molecule has 0 aliphatic carbocycles. The summed E-state index contributed by atoms with van der Waals surface area (Å²) in [6, 6.07) is 23.9. The number of benzene rings is 3. The minimum Gasteiger partial charge on any atom is -0.486 e. The summed E-state index contributed by atoms with van der Waals surface area (Å²) < 4.78 is 16.6. The molecule has 1 heterocycles. The number of hydrogen-bond acceptors (Lipinski definition) is 5.